The van der Waals surface area contributed by atoms with E-state index < -0.39 is 17.3 Å². The Morgan fingerprint density at radius 2 is 1.81 bits per heavy atom. The Kier molecular flexibility index (Phi) is 7.23. The van der Waals surface area contributed by atoms with Gasteiger partial charge < -0.3 is 4.55 Å². The van der Waals surface area contributed by atoms with Crippen LogP contribution >= 0.6 is 11.6 Å². The van der Waals surface area contributed by atoms with Crippen LogP contribution < -0.4 is 9.62 Å². The average molecular weight is 470 g/mol. The highest BCUT2D eigenvalue weighted by Gasteiger charge is 2.26. The monoisotopic (exact) mass is 469 g/mol. The van der Waals surface area contributed by atoms with E-state index in [1.165, 1.54) is 17.0 Å². The first-order chi connectivity index (χ1) is 15.1. The van der Waals surface area contributed by atoms with E-state index in [1.54, 1.807) is 43.6 Å². The number of aldehydes is 1. The molecular formula is C24H24ClN3O3S. The summed E-state index contributed by atoms with van der Waals surface area (Å²) in [6, 6.07) is 15.6. The molecule has 0 saturated heterocycles. The fraction of sp³-hybridized carbons (Fsp3) is 0.208. The fourth-order valence-electron chi connectivity index (χ4n) is 3.09. The number of pyridine rings is 1. The molecule has 1 aromatic heterocycles. The minimum absolute atomic E-state index is 0.0181. The van der Waals surface area contributed by atoms with Crippen molar-refractivity contribution < 1.29 is 14.1 Å². The SMILES string of the molecule is CN(C(=O)c1c(N[S+]([O-])c2ccc(C(C)(C)C)cc2)ccc(Cl)c1C=O)c1ccccn1. The molecule has 0 spiro atoms. The molecule has 0 fully saturated rings. The Morgan fingerprint density at radius 3 is 2.38 bits per heavy atom. The van der Waals surface area contributed by atoms with Gasteiger partial charge in [-0.05, 0) is 47.4 Å². The van der Waals surface area contributed by atoms with Crippen LogP contribution in [0.4, 0.5) is 11.5 Å². The van der Waals surface area contributed by atoms with Crippen LogP contribution in [0, 0.1) is 0 Å². The summed E-state index contributed by atoms with van der Waals surface area (Å²) in [4.78, 5) is 31.1. The summed E-state index contributed by atoms with van der Waals surface area (Å²) in [5.74, 6) is -0.102. The molecule has 1 atom stereocenters. The standard InChI is InChI=1S/C24H24ClN3O3S/c1-24(2,3)16-8-10-17(11-9-16)32(31)27-20-13-12-19(25)18(15-29)22(20)23(30)28(4)21-7-5-6-14-26-21/h5-15,27H,1-4H3. The van der Waals surface area contributed by atoms with Crippen molar-refractivity contribution in [2.75, 3.05) is 16.7 Å². The third-order valence-corrected chi connectivity index (χ3v) is 6.39. The number of rotatable bonds is 6. The molecule has 3 rings (SSSR count). The van der Waals surface area contributed by atoms with Gasteiger partial charge in [-0.2, -0.15) is 0 Å². The summed E-state index contributed by atoms with van der Waals surface area (Å²) < 4.78 is 15.9. The van der Waals surface area contributed by atoms with Gasteiger partial charge in [0, 0.05) is 18.8 Å². The number of carbonyl (C=O) groups is 2. The van der Waals surface area contributed by atoms with Crippen molar-refractivity contribution in [3.8, 4) is 0 Å². The lowest BCUT2D eigenvalue weighted by Crippen LogP contribution is -2.29. The number of nitrogens with one attached hydrogen (secondary N) is 1. The number of anilines is 2. The topological polar surface area (TPSA) is 85.4 Å². The zero-order valence-electron chi connectivity index (χ0n) is 18.3. The Labute approximate surface area is 195 Å². The summed E-state index contributed by atoms with van der Waals surface area (Å²) in [6.45, 7) is 6.30. The highest BCUT2D eigenvalue weighted by molar-refractivity contribution is 7.92. The van der Waals surface area contributed by atoms with Gasteiger partial charge in [0.05, 0.1) is 16.3 Å². The van der Waals surface area contributed by atoms with E-state index in [-0.39, 0.29) is 27.3 Å². The molecule has 32 heavy (non-hydrogen) atoms. The Bertz CT molecular complexity index is 1120. The van der Waals surface area contributed by atoms with E-state index in [0.29, 0.717) is 17.0 Å². The van der Waals surface area contributed by atoms with Crippen molar-refractivity contribution in [3.63, 3.8) is 0 Å². The van der Waals surface area contributed by atoms with Crippen LogP contribution in [0.5, 0.6) is 0 Å². The summed E-state index contributed by atoms with van der Waals surface area (Å²) in [6.07, 6.45) is 2.08. The largest absolute Gasteiger partial charge is 0.588 e. The number of amides is 1. The maximum absolute atomic E-state index is 13.3. The number of carbonyl (C=O) groups excluding carboxylic acids is 2. The Hall–Kier alpha value is -2.87. The van der Waals surface area contributed by atoms with E-state index >= 15 is 0 Å². The second-order valence-electron chi connectivity index (χ2n) is 8.20. The summed E-state index contributed by atoms with van der Waals surface area (Å²) in [7, 11) is 1.55. The molecule has 0 aliphatic heterocycles. The van der Waals surface area contributed by atoms with Gasteiger partial charge in [-0.25, -0.2) is 9.71 Å². The third-order valence-electron chi connectivity index (χ3n) is 4.96. The van der Waals surface area contributed by atoms with Gasteiger partial charge in [0.25, 0.3) is 5.91 Å². The van der Waals surface area contributed by atoms with Crippen LogP contribution in [0.1, 0.15) is 47.1 Å². The fourth-order valence-corrected chi connectivity index (χ4v) is 4.16. The van der Waals surface area contributed by atoms with Gasteiger partial charge in [0.2, 0.25) is 0 Å². The van der Waals surface area contributed by atoms with E-state index in [2.05, 4.69) is 30.5 Å². The second-order valence-corrected chi connectivity index (χ2v) is 9.82. The molecule has 0 aliphatic rings. The maximum atomic E-state index is 13.3. The zero-order chi connectivity index (χ0) is 23.5. The molecule has 1 unspecified atom stereocenters. The first-order valence-electron chi connectivity index (χ1n) is 9.89. The summed E-state index contributed by atoms with van der Waals surface area (Å²) in [5, 5.41) is 0.128. The van der Waals surface area contributed by atoms with Crippen LogP contribution in [-0.2, 0) is 16.8 Å². The number of benzene rings is 2. The van der Waals surface area contributed by atoms with Gasteiger partial charge in [-0.1, -0.05) is 50.6 Å². The van der Waals surface area contributed by atoms with Crippen LogP contribution in [0.25, 0.3) is 0 Å². The third kappa shape index (κ3) is 5.12. The van der Waals surface area contributed by atoms with Gasteiger partial charge in [0.15, 0.2) is 11.2 Å². The lowest BCUT2D eigenvalue weighted by molar-refractivity contribution is 0.0986. The average Bonchev–Trinajstić information content (AvgIpc) is 2.79. The van der Waals surface area contributed by atoms with Crippen molar-refractivity contribution >= 4 is 46.7 Å². The lowest BCUT2D eigenvalue weighted by Gasteiger charge is -2.21. The lowest BCUT2D eigenvalue weighted by atomic mass is 9.87. The highest BCUT2D eigenvalue weighted by Crippen LogP contribution is 2.30. The van der Waals surface area contributed by atoms with E-state index in [4.69, 9.17) is 11.6 Å². The molecule has 6 nitrogen and oxygen atoms in total. The van der Waals surface area contributed by atoms with Gasteiger partial charge in [-0.3, -0.25) is 14.5 Å². The predicted octanol–water partition coefficient (Wildman–Crippen LogP) is 5.26. The van der Waals surface area contributed by atoms with Gasteiger partial charge in [-0.15, -0.1) is 0 Å². The summed E-state index contributed by atoms with van der Waals surface area (Å²) in [5.41, 5.74) is 1.37. The van der Waals surface area contributed by atoms with Crippen LogP contribution in [0.2, 0.25) is 5.02 Å². The predicted molar refractivity (Wildman–Crippen MR) is 129 cm³/mol. The van der Waals surface area contributed by atoms with Crippen molar-refractivity contribution in [1.29, 1.82) is 0 Å². The molecule has 3 aromatic rings. The molecule has 2 aromatic carbocycles. The number of halogens is 1. The number of aromatic nitrogens is 1. The second kappa shape index (κ2) is 9.73. The number of hydrogen-bond acceptors (Lipinski definition) is 5. The Morgan fingerprint density at radius 1 is 1.12 bits per heavy atom. The first-order valence-corrected chi connectivity index (χ1v) is 11.4. The van der Waals surface area contributed by atoms with Crippen molar-refractivity contribution in [3.05, 3.63) is 82.5 Å². The van der Waals surface area contributed by atoms with Crippen molar-refractivity contribution in [2.24, 2.45) is 0 Å². The van der Waals surface area contributed by atoms with E-state index in [0.717, 1.165) is 5.56 Å². The molecular weight excluding hydrogens is 446 g/mol. The van der Waals surface area contributed by atoms with Crippen molar-refractivity contribution in [1.82, 2.24) is 4.98 Å². The molecule has 0 bridgehead atoms. The van der Waals surface area contributed by atoms with Crippen LogP contribution in [0.3, 0.4) is 0 Å². The van der Waals surface area contributed by atoms with E-state index in [1.807, 2.05) is 12.1 Å². The van der Waals surface area contributed by atoms with Crippen LogP contribution in [0.15, 0.2) is 65.7 Å². The Balaban J connectivity index is 1.96. The van der Waals surface area contributed by atoms with Gasteiger partial charge in [0.1, 0.15) is 17.2 Å². The molecule has 0 saturated carbocycles. The van der Waals surface area contributed by atoms with Gasteiger partial charge >= 0.3 is 0 Å². The number of nitrogens with zero attached hydrogens (tertiary/aromatic N) is 2. The molecule has 166 valence electrons. The molecule has 1 heterocycles. The summed E-state index contributed by atoms with van der Waals surface area (Å²) >= 11 is 4.52. The normalized spacial score (nSPS) is 12.2. The molecule has 1 amide bonds. The molecule has 8 heteroatoms. The van der Waals surface area contributed by atoms with Crippen molar-refractivity contribution in [2.45, 2.75) is 31.1 Å². The van der Waals surface area contributed by atoms with E-state index in [9.17, 15) is 14.1 Å². The molecule has 1 N–H and O–H groups in total. The highest BCUT2D eigenvalue weighted by atomic mass is 35.5. The molecule has 0 aliphatic carbocycles. The number of hydrogen-bond donors (Lipinski definition) is 1. The minimum Gasteiger partial charge on any atom is -0.588 e. The van der Waals surface area contributed by atoms with Crippen LogP contribution in [-0.4, -0.2) is 28.8 Å². The zero-order valence-corrected chi connectivity index (χ0v) is 19.8. The first kappa shape index (κ1) is 23.8. The smallest absolute Gasteiger partial charge is 0.262 e. The quantitative estimate of drug-likeness (QED) is 0.393. The minimum atomic E-state index is -1.67. The maximum Gasteiger partial charge on any atom is 0.262 e. The molecule has 0 radical (unpaired) electrons.